The van der Waals surface area contributed by atoms with Gasteiger partial charge in [0.05, 0.1) is 17.1 Å². The Morgan fingerprint density at radius 2 is 1.55 bits per heavy atom. The van der Waals surface area contributed by atoms with Gasteiger partial charge in [-0.15, -0.1) is 0 Å². The number of fused-ring (bicyclic) bond motifs is 1. The number of nitrogens with zero attached hydrogens (tertiary/aromatic N) is 2. The summed E-state index contributed by atoms with van der Waals surface area (Å²) in [6, 6.07) is 20.0. The van der Waals surface area contributed by atoms with Crippen LogP contribution in [0.25, 0.3) is 10.8 Å². The number of hydrogen-bond acceptors (Lipinski definition) is 4. The number of anilines is 1. The summed E-state index contributed by atoms with van der Waals surface area (Å²) in [6.45, 7) is 4.36. The third-order valence-corrected chi connectivity index (χ3v) is 7.40. The second kappa shape index (κ2) is 8.42. The highest BCUT2D eigenvalue weighted by molar-refractivity contribution is 7.89. The minimum absolute atomic E-state index is 0.157. The van der Waals surface area contributed by atoms with E-state index in [4.69, 9.17) is 4.74 Å². The van der Waals surface area contributed by atoms with E-state index in [0.29, 0.717) is 18.7 Å². The first-order chi connectivity index (χ1) is 14.8. The van der Waals surface area contributed by atoms with Crippen LogP contribution in [0.4, 0.5) is 5.69 Å². The lowest BCUT2D eigenvalue weighted by Crippen LogP contribution is -2.48. The summed E-state index contributed by atoms with van der Waals surface area (Å²) in [7, 11) is -1.92. The SMILES string of the molecule is CC1CN(S(=O)(=O)c2ccc(C(=O)N(C)c3ccc4ccccc4c3)cc2)CC(C)O1. The zero-order valence-corrected chi connectivity index (χ0v) is 18.7. The molecule has 0 bridgehead atoms. The molecule has 1 saturated heterocycles. The van der Waals surface area contributed by atoms with Gasteiger partial charge in [0.25, 0.3) is 5.91 Å². The van der Waals surface area contributed by atoms with Gasteiger partial charge in [-0.2, -0.15) is 4.31 Å². The van der Waals surface area contributed by atoms with Crippen molar-refractivity contribution in [1.29, 1.82) is 0 Å². The predicted molar refractivity (Wildman–Crippen MR) is 122 cm³/mol. The molecule has 1 amide bonds. The number of amides is 1. The minimum Gasteiger partial charge on any atom is -0.373 e. The van der Waals surface area contributed by atoms with E-state index >= 15 is 0 Å². The Bertz CT molecular complexity index is 1200. The number of hydrogen-bond donors (Lipinski definition) is 0. The van der Waals surface area contributed by atoms with E-state index in [-0.39, 0.29) is 23.0 Å². The van der Waals surface area contributed by atoms with Gasteiger partial charge in [-0.3, -0.25) is 4.79 Å². The van der Waals surface area contributed by atoms with E-state index in [2.05, 4.69) is 0 Å². The highest BCUT2D eigenvalue weighted by atomic mass is 32.2. The molecule has 2 atom stereocenters. The molecule has 0 radical (unpaired) electrons. The molecule has 7 heteroatoms. The van der Waals surface area contributed by atoms with Gasteiger partial charge in [-0.05, 0) is 61.0 Å². The molecule has 162 valence electrons. The minimum atomic E-state index is -3.64. The molecule has 31 heavy (non-hydrogen) atoms. The van der Waals surface area contributed by atoms with Gasteiger partial charge in [0, 0.05) is 31.4 Å². The third kappa shape index (κ3) is 4.35. The molecule has 0 spiro atoms. The Hall–Kier alpha value is -2.74. The molecule has 1 aliphatic heterocycles. The van der Waals surface area contributed by atoms with Gasteiger partial charge >= 0.3 is 0 Å². The van der Waals surface area contributed by atoms with E-state index < -0.39 is 10.0 Å². The highest BCUT2D eigenvalue weighted by Crippen LogP contribution is 2.24. The average Bonchev–Trinajstić information content (AvgIpc) is 2.77. The van der Waals surface area contributed by atoms with E-state index in [1.54, 1.807) is 24.1 Å². The van der Waals surface area contributed by atoms with Crippen molar-refractivity contribution in [2.45, 2.75) is 31.0 Å². The lowest BCUT2D eigenvalue weighted by molar-refractivity contribution is -0.0440. The quantitative estimate of drug-likeness (QED) is 0.619. The maximum absolute atomic E-state index is 13.0. The fourth-order valence-electron chi connectivity index (χ4n) is 3.94. The molecule has 6 nitrogen and oxygen atoms in total. The van der Waals surface area contributed by atoms with Crippen molar-refractivity contribution in [2.75, 3.05) is 25.0 Å². The van der Waals surface area contributed by atoms with Crippen molar-refractivity contribution in [1.82, 2.24) is 4.31 Å². The van der Waals surface area contributed by atoms with Crippen LogP contribution in [0.5, 0.6) is 0 Å². The average molecular weight is 439 g/mol. The van der Waals surface area contributed by atoms with E-state index in [0.717, 1.165) is 16.5 Å². The maximum Gasteiger partial charge on any atom is 0.258 e. The molecule has 0 aliphatic carbocycles. The predicted octanol–water partition coefficient (Wildman–Crippen LogP) is 3.91. The summed E-state index contributed by atoms with van der Waals surface area (Å²) < 4.78 is 33.1. The molecule has 3 aromatic carbocycles. The summed E-state index contributed by atoms with van der Waals surface area (Å²) >= 11 is 0. The first-order valence-corrected chi connectivity index (χ1v) is 11.7. The zero-order valence-electron chi connectivity index (χ0n) is 17.9. The van der Waals surface area contributed by atoms with Crippen molar-refractivity contribution in [3.05, 3.63) is 72.3 Å². The number of morpholine rings is 1. The standard InChI is InChI=1S/C24H26N2O4S/c1-17-15-26(16-18(2)30-17)31(28,29)23-12-9-20(10-13-23)24(27)25(3)22-11-8-19-6-4-5-7-21(19)14-22/h4-14,17-18H,15-16H2,1-3H3. The van der Waals surface area contributed by atoms with Gasteiger partial charge in [0.15, 0.2) is 0 Å². The van der Waals surface area contributed by atoms with E-state index in [9.17, 15) is 13.2 Å². The molecule has 2 unspecified atom stereocenters. The second-order valence-corrected chi connectivity index (χ2v) is 9.94. The van der Waals surface area contributed by atoms with Crippen LogP contribution < -0.4 is 4.90 Å². The number of rotatable bonds is 4. The molecule has 3 aromatic rings. The number of ether oxygens (including phenoxy) is 1. The highest BCUT2D eigenvalue weighted by Gasteiger charge is 2.32. The molecule has 1 aliphatic rings. The van der Waals surface area contributed by atoms with Crippen LogP contribution in [-0.4, -0.2) is 51.0 Å². The largest absolute Gasteiger partial charge is 0.373 e. The normalized spacial score (nSPS) is 20.0. The van der Waals surface area contributed by atoms with Gasteiger partial charge in [0.2, 0.25) is 10.0 Å². The molecule has 4 rings (SSSR count). The van der Waals surface area contributed by atoms with Crippen molar-refractivity contribution in [3.63, 3.8) is 0 Å². The number of benzene rings is 3. The monoisotopic (exact) mass is 438 g/mol. The van der Waals surface area contributed by atoms with Gasteiger partial charge < -0.3 is 9.64 Å². The van der Waals surface area contributed by atoms with Crippen LogP contribution >= 0.6 is 0 Å². The van der Waals surface area contributed by atoms with Gasteiger partial charge in [-0.25, -0.2) is 8.42 Å². The third-order valence-electron chi connectivity index (χ3n) is 5.55. The lowest BCUT2D eigenvalue weighted by Gasteiger charge is -2.34. The Morgan fingerprint density at radius 3 is 2.19 bits per heavy atom. The van der Waals surface area contributed by atoms with Crippen molar-refractivity contribution in [2.24, 2.45) is 0 Å². The van der Waals surface area contributed by atoms with Crippen molar-refractivity contribution >= 4 is 32.4 Å². The maximum atomic E-state index is 13.0. The van der Waals surface area contributed by atoms with Crippen LogP contribution in [0.15, 0.2) is 71.6 Å². The van der Waals surface area contributed by atoms with Gasteiger partial charge in [-0.1, -0.05) is 30.3 Å². The van der Waals surface area contributed by atoms with Crippen LogP contribution in [-0.2, 0) is 14.8 Å². The first-order valence-electron chi connectivity index (χ1n) is 10.3. The fraction of sp³-hybridized carbons (Fsp3) is 0.292. The molecule has 0 N–H and O–H groups in total. The van der Waals surface area contributed by atoms with E-state index in [1.807, 2.05) is 56.3 Å². The van der Waals surface area contributed by atoms with E-state index in [1.165, 1.54) is 16.4 Å². The summed E-state index contributed by atoms with van der Waals surface area (Å²) in [5.74, 6) is -0.201. The smallest absolute Gasteiger partial charge is 0.258 e. The van der Waals surface area contributed by atoms with Crippen LogP contribution in [0, 0.1) is 0 Å². The van der Waals surface area contributed by atoms with Crippen molar-refractivity contribution in [3.8, 4) is 0 Å². The van der Waals surface area contributed by atoms with Crippen LogP contribution in [0.2, 0.25) is 0 Å². The Morgan fingerprint density at radius 1 is 0.935 bits per heavy atom. The molecule has 0 aromatic heterocycles. The number of sulfonamides is 1. The Labute approximate surface area is 183 Å². The summed E-state index contributed by atoms with van der Waals surface area (Å²) in [6.07, 6.45) is -0.315. The zero-order chi connectivity index (χ0) is 22.2. The fourth-order valence-corrected chi connectivity index (χ4v) is 5.53. The lowest BCUT2D eigenvalue weighted by atomic mass is 10.1. The van der Waals surface area contributed by atoms with Crippen LogP contribution in [0.3, 0.4) is 0 Å². The second-order valence-electron chi connectivity index (χ2n) is 8.00. The molecular weight excluding hydrogens is 412 g/mol. The van der Waals surface area contributed by atoms with Crippen LogP contribution in [0.1, 0.15) is 24.2 Å². The number of carbonyl (C=O) groups is 1. The molecule has 1 fully saturated rings. The van der Waals surface area contributed by atoms with Gasteiger partial charge in [0.1, 0.15) is 0 Å². The first kappa shape index (κ1) is 21.5. The topological polar surface area (TPSA) is 66.9 Å². The summed E-state index contributed by atoms with van der Waals surface area (Å²) in [5.41, 5.74) is 1.20. The molecular formula is C24H26N2O4S. The number of carbonyl (C=O) groups excluding carboxylic acids is 1. The Kier molecular flexibility index (Phi) is 5.83. The molecule has 0 saturated carbocycles. The summed E-state index contributed by atoms with van der Waals surface area (Å²) in [5, 5.41) is 2.16. The summed E-state index contributed by atoms with van der Waals surface area (Å²) in [4.78, 5) is 14.7. The Balaban J connectivity index is 1.54. The van der Waals surface area contributed by atoms with Crippen molar-refractivity contribution < 1.29 is 17.9 Å². The molecule has 1 heterocycles.